The summed E-state index contributed by atoms with van der Waals surface area (Å²) in [4.78, 5) is 0. The molecule has 1 aromatic carbocycles. The summed E-state index contributed by atoms with van der Waals surface area (Å²) in [6.07, 6.45) is -3.29. The Bertz CT molecular complexity index is 474. The summed E-state index contributed by atoms with van der Waals surface area (Å²) in [6.45, 7) is 0. The van der Waals surface area contributed by atoms with Crippen molar-refractivity contribution in [3.8, 4) is 5.75 Å². The minimum atomic E-state index is -4.45. The van der Waals surface area contributed by atoms with Gasteiger partial charge in [-0.05, 0) is 36.0 Å². The van der Waals surface area contributed by atoms with Crippen LogP contribution >= 0.6 is 12.2 Å². The van der Waals surface area contributed by atoms with Crippen LogP contribution in [-0.4, -0.2) is 18.4 Å². The van der Waals surface area contributed by atoms with Gasteiger partial charge in [-0.3, -0.25) is 5.43 Å². The number of hydrogen-bond acceptors (Lipinski definition) is 3. The van der Waals surface area contributed by atoms with E-state index < -0.39 is 11.7 Å². The Morgan fingerprint density at radius 1 is 1.44 bits per heavy atom. The Hall–Kier alpha value is -1.83. The van der Waals surface area contributed by atoms with E-state index in [0.717, 1.165) is 18.3 Å². The van der Waals surface area contributed by atoms with Crippen molar-refractivity contribution in [2.24, 2.45) is 10.8 Å². The predicted molar refractivity (Wildman–Crippen MR) is 65.5 cm³/mol. The van der Waals surface area contributed by atoms with Crippen LogP contribution in [0.2, 0.25) is 0 Å². The number of halogens is 3. The third-order valence-electron chi connectivity index (χ3n) is 1.88. The van der Waals surface area contributed by atoms with Gasteiger partial charge in [0.05, 0.1) is 18.9 Å². The number of benzene rings is 1. The van der Waals surface area contributed by atoms with Gasteiger partial charge < -0.3 is 10.5 Å². The second-order valence-electron chi connectivity index (χ2n) is 3.23. The van der Waals surface area contributed by atoms with Gasteiger partial charge in [-0.1, -0.05) is 0 Å². The molecule has 1 rings (SSSR count). The molecule has 0 aliphatic rings. The smallest absolute Gasteiger partial charge is 0.416 e. The van der Waals surface area contributed by atoms with E-state index in [4.69, 9.17) is 10.5 Å². The van der Waals surface area contributed by atoms with Crippen LogP contribution in [-0.2, 0) is 6.18 Å². The average Bonchev–Trinajstić information content (AvgIpc) is 2.27. The van der Waals surface area contributed by atoms with Crippen LogP contribution in [0.15, 0.2) is 23.3 Å². The SMILES string of the molecule is COc1cc(C=NNC(N)=S)cc(C(F)(F)F)c1. The molecule has 0 unspecified atom stereocenters. The first-order valence-electron chi connectivity index (χ1n) is 4.67. The quantitative estimate of drug-likeness (QED) is 0.503. The summed E-state index contributed by atoms with van der Waals surface area (Å²) >= 11 is 4.49. The van der Waals surface area contributed by atoms with Crippen molar-refractivity contribution in [3.05, 3.63) is 29.3 Å². The number of rotatable bonds is 3. The average molecular weight is 277 g/mol. The largest absolute Gasteiger partial charge is 0.497 e. The Labute approximate surface area is 107 Å². The summed E-state index contributed by atoms with van der Waals surface area (Å²) in [7, 11) is 1.28. The Morgan fingerprint density at radius 2 is 2.11 bits per heavy atom. The molecule has 0 radical (unpaired) electrons. The van der Waals surface area contributed by atoms with Gasteiger partial charge in [0.15, 0.2) is 5.11 Å². The number of nitrogens with two attached hydrogens (primary N) is 1. The number of nitrogens with one attached hydrogen (secondary N) is 1. The zero-order chi connectivity index (χ0) is 13.8. The molecule has 0 atom stereocenters. The number of hydrazone groups is 1. The first-order chi connectivity index (χ1) is 8.32. The first-order valence-corrected chi connectivity index (χ1v) is 5.08. The fraction of sp³-hybridized carbons (Fsp3) is 0.200. The van der Waals surface area contributed by atoms with Gasteiger partial charge in [0.2, 0.25) is 0 Å². The van der Waals surface area contributed by atoms with Gasteiger partial charge in [-0.15, -0.1) is 0 Å². The third kappa shape index (κ3) is 4.21. The summed E-state index contributed by atoms with van der Waals surface area (Å²) in [5.41, 5.74) is 6.75. The molecule has 8 heteroatoms. The van der Waals surface area contributed by atoms with E-state index in [9.17, 15) is 13.2 Å². The third-order valence-corrected chi connectivity index (χ3v) is 1.97. The van der Waals surface area contributed by atoms with Gasteiger partial charge in [0.1, 0.15) is 5.75 Å². The lowest BCUT2D eigenvalue weighted by Gasteiger charge is -2.09. The summed E-state index contributed by atoms with van der Waals surface area (Å²) in [5.74, 6) is 0.0848. The molecule has 0 spiro atoms. The fourth-order valence-electron chi connectivity index (χ4n) is 1.15. The number of ether oxygens (including phenoxy) is 1. The van der Waals surface area contributed by atoms with Crippen molar-refractivity contribution in [3.63, 3.8) is 0 Å². The molecule has 0 amide bonds. The predicted octanol–water partition coefficient (Wildman–Crippen LogP) is 1.88. The summed E-state index contributed by atoms with van der Waals surface area (Å²) < 4.78 is 42.5. The molecule has 1 aromatic rings. The van der Waals surface area contributed by atoms with Crippen molar-refractivity contribution in [2.45, 2.75) is 6.18 Å². The highest BCUT2D eigenvalue weighted by molar-refractivity contribution is 7.80. The maximum absolute atomic E-state index is 12.6. The molecule has 18 heavy (non-hydrogen) atoms. The Morgan fingerprint density at radius 3 is 2.61 bits per heavy atom. The van der Waals surface area contributed by atoms with Crippen LogP contribution in [0.3, 0.4) is 0 Å². The number of nitrogens with zero attached hydrogens (tertiary/aromatic N) is 1. The van der Waals surface area contributed by atoms with E-state index >= 15 is 0 Å². The van der Waals surface area contributed by atoms with E-state index in [1.807, 2.05) is 0 Å². The second-order valence-corrected chi connectivity index (χ2v) is 3.67. The number of hydrogen-bond donors (Lipinski definition) is 2. The van der Waals surface area contributed by atoms with E-state index in [1.54, 1.807) is 0 Å². The van der Waals surface area contributed by atoms with Gasteiger partial charge in [-0.2, -0.15) is 18.3 Å². The highest BCUT2D eigenvalue weighted by Gasteiger charge is 2.31. The van der Waals surface area contributed by atoms with E-state index in [-0.39, 0.29) is 16.4 Å². The lowest BCUT2D eigenvalue weighted by Crippen LogP contribution is -2.24. The Kier molecular flexibility index (Phi) is 4.49. The lowest BCUT2D eigenvalue weighted by molar-refractivity contribution is -0.137. The molecule has 0 saturated carbocycles. The van der Waals surface area contributed by atoms with Crippen LogP contribution in [0.1, 0.15) is 11.1 Å². The normalized spacial score (nSPS) is 11.6. The monoisotopic (exact) mass is 277 g/mol. The molecule has 3 N–H and O–H groups in total. The molecule has 4 nitrogen and oxygen atoms in total. The summed E-state index contributed by atoms with van der Waals surface area (Å²) in [5, 5.41) is 3.50. The van der Waals surface area contributed by atoms with Crippen molar-refractivity contribution < 1.29 is 17.9 Å². The van der Waals surface area contributed by atoms with Crippen molar-refractivity contribution in [2.75, 3.05) is 7.11 Å². The first kappa shape index (κ1) is 14.2. The number of alkyl halides is 3. The lowest BCUT2D eigenvalue weighted by atomic mass is 10.1. The highest BCUT2D eigenvalue weighted by atomic mass is 32.1. The molecule has 0 aliphatic heterocycles. The van der Waals surface area contributed by atoms with Crippen LogP contribution < -0.4 is 15.9 Å². The van der Waals surface area contributed by atoms with Gasteiger partial charge >= 0.3 is 6.18 Å². The molecular formula is C10H10F3N3OS. The zero-order valence-corrected chi connectivity index (χ0v) is 10.1. The van der Waals surface area contributed by atoms with Crippen LogP contribution in [0.4, 0.5) is 13.2 Å². The molecule has 0 aliphatic carbocycles. The van der Waals surface area contributed by atoms with Gasteiger partial charge in [0.25, 0.3) is 0 Å². The topological polar surface area (TPSA) is 59.6 Å². The molecule has 98 valence electrons. The van der Waals surface area contributed by atoms with Gasteiger partial charge in [-0.25, -0.2) is 0 Å². The fourth-order valence-corrected chi connectivity index (χ4v) is 1.20. The van der Waals surface area contributed by atoms with Crippen LogP contribution in [0.25, 0.3) is 0 Å². The molecule has 0 fully saturated rings. The summed E-state index contributed by atoms with van der Waals surface area (Å²) in [6, 6.07) is 3.24. The molecule has 0 bridgehead atoms. The Balaban J connectivity index is 3.05. The zero-order valence-electron chi connectivity index (χ0n) is 9.28. The van der Waals surface area contributed by atoms with Gasteiger partial charge in [0, 0.05) is 0 Å². The molecule has 0 heterocycles. The maximum Gasteiger partial charge on any atom is 0.416 e. The molecule has 0 aromatic heterocycles. The van der Waals surface area contributed by atoms with Crippen molar-refractivity contribution >= 4 is 23.5 Å². The highest BCUT2D eigenvalue weighted by Crippen LogP contribution is 2.32. The van der Waals surface area contributed by atoms with E-state index in [0.29, 0.717) is 0 Å². The van der Waals surface area contributed by atoms with E-state index in [2.05, 4.69) is 22.7 Å². The minimum Gasteiger partial charge on any atom is -0.497 e. The van der Waals surface area contributed by atoms with Crippen LogP contribution in [0.5, 0.6) is 5.75 Å². The van der Waals surface area contributed by atoms with Crippen LogP contribution in [0, 0.1) is 0 Å². The number of thiocarbonyl (C=S) groups is 1. The maximum atomic E-state index is 12.6. The second kappa shape index (κ2) is 5.67. The minimum absolute atomic E-state index is 0.0785. The van der Waals surface area contributed by atoms with E-state index in [1.165, 1.54) is 13.2 Å². The van der Waals surface area contributed by atoms with Crippen molar-refractivity contribution in [1.82, 2.24) is 5.43 Å². The molecule has 0 saturated heterocycles. The molecular weight excluding hydrogens is 267 g/mol. The standard InChI is InChI=1S/C10H10F3N3OS/c1-17-8-3-6(5-15-16-9(14)18)2-7(4-8)10(11,12)13/h2-5H,1H3,(H3,14,16,18). The van der Waals surface area contributed by atoms with Crippen molar-refractivity contribution in [1.29, 1.82) is 0 Å². The number of methoxy groups -OCH3 is 1.